The highest BCUT2D eigenvalue weighted by Crippen LogP contribution is 2.44. The van der Waals surface area contributed by atoms with E-state index in [-0.39, 0.29) is 5.41 Å². The van der Waals surface area contributed by atoms with Crippen molar-refractivity contribution in [3.8, 4) is 33.4 Å². The molecule has 0 radical (unpaired) electrons. The maximum Gasteiger partial charge on any atom is 0.0620 e. The Morgan fingerprint density at radius 1 is 0.347 bits per heavy atom. The van der Waals surface area contributed by atoms with E-state index in [1.165, 1.54) is 98.6 Å². The lowest BCUT2D eigenvalue weighted by molar-refractivity contribution is 0.590. The van der Waals surface area contributed by atoms with Crippen molar-refractivity contribution in [2.24, 2.45) is 0 Å². The summed E-state index contributed by atoms with van der Waals surface area (Å²) in [4.78, 5) is 0. The van der Waals surface area contributed by atoms with Crippen LogP contribution in [0.2, 0.25) is 0 Å². The first kappa shape index (κ1) is 28.1. The smallest absolute Gasteiger partial charge is 0.0620 e. The van der Waals surface area contributed by atoms with E-state index in [1.54, 1.807) is 0 Å². The first-order valence-corrected chi connectivity index (χ1v) is 17.3. The van der Waals surface area contributed by atoms with Crippen molar-refractivity contribution >= 4 is 59.6 Å². The van der Waals surface area contributed by atoms with Crippen molar-refractivity contribution < 1.29 is 0 Å². The average molecular weight is 626 g/mol. The first-order chi connectivity index (χ1) is 23.9. The lowest BCUT2D eigenvalue weighted by Crippen LogP contribution is -2.10. The molecule has 10 aromatic rings. The van der Waals surface area contributed by atoms with Gasteiger partial charge in [0.2, 0.25) is 0 Å². The fourth-order valence-corrected chi connectivity index (χ4v) is 7.98. The van der Waals surface area contributed by atoms with Gasteiger partial charge in [-0.25, -0.2) is 0 Å². The van der Waals surface area contributed by atoms with Crippen LogP contribution in [0.25, 0.3) is 93.0 Å². The van der Waals surface area contributed by atoms with Crippen molar-refractivity contribution in [2.45, 2.75) is 26.2 Å². The van der Waals surface area contributed by atoms with Crippen LogP contribution in [-0.2, 0) is 5.41 Å². The summed E-state index contributed by atoms with van der Waals surface area (Å²) >= 11 is 0. The molecule has 0 saturated carbocycles. The molecular weight excluding hydrogens is 591 g/mol. The standard InChI is InChI=1S/C48H35N/c1-48(2,3)40-20-18-32(19-21-40)39-26-43-41-24-35-16-14-33(30-10-6-4-7-11-30)22-37(35)28-45(41)49-46-29-38-23-34(31-12-8-5-9-13-31)15-17-36(38)25-42(46)44(27-39)47(43)49/h4-29H,1-3H3. The Morgan fingerprint density at radius 3 is 1.27 bits per heavy atom. The van der Waals surface area contributed by atoms with Crippen LogP contribution in [0.15, 0.2) is 158 Å². The number of rotatable bonds is 3. The number of nitrogens with zero attached hydrogens (tertiary/aromatic N) is 1. The van der Waals surface area contributed by atoms with Crippen LogP contribution in [0, 0.1) is 0 Å². The largest absolute Gasteiger partial charge is 0.308 e. The topological polar surface area (TPSA) is 4.41 Å². The summed E-state index contributed by atoms with van der Waals surface area (Å²) < 4.78 is 2.53. The first-order valence-electron chi connectivity index (χ1n) is 17.3. The Hall–Kier alpha value is -5.92. The van der Waals surface area contributed by atoms with Gasteiger partial charge in [-0.3, -0.25) is 0 Å². The van der Waals surface area contributed by atoms with Gasteiger partial charge in [0.05, 0.1) is 16.6 Å². The normalized spacial score (nSPS) is 12.4. The van der Waals surface area contributed by atoms with Gasteiger partial charge in [-0.1, -0.05) is 130 Å². The minimum atomic E-state index is 0.117. The summed E-state index contributed by atoms with van der Waals surface area (Å²) in [7, 11) is 0. The fraction of sp³-hybridized carbons (Fsp3) is 0.0833. The van der Waals surface area contributed by atoms with Crippen molar-refractivity contribution in [3.63, 3.8) is 0 Å². The van der Waals surface area contributed by atoms with Gasteiger partial charge in [-0.15, -0.1) is 0 Å². The van der Waals surface area contributed by atoms with E-state index in [4.69, 9.17) is 0 Å². The number of benzene rings is 8. The molecule has 0 bridgehead atoms. The molecule has 0 aliphatic rings. The van der Waals surface area contributed by atoms with E-state index in [0.717, 1.165) is 0 Å². The molecule has 8 aromatic carbocycles. The van der Waals surface area contributed by atoms with Gasteiger partial charge in [0.15, 0.2) is 0 Å². The minimum absolute atomic E-state index is 0.117. The second-order valence-corrected chi connectivity index (χ2v) is 14.7. The summed E-state index contributed by atoms with van der Waals surface area (Å²) in [6, 6.07) is 58.9. The molecule has 0 unspecified atom stereocenters. The third kappa shape index (κ3) is 4.39. The third-order valence-electron chi connectivity index (χ3n) is 10.6. The second-order valence-electron chi connectivity index (χ2n) is 14.7. The predicted molar refractivity (Wildman–Crippen MR) is 211 cm³/mol. The molecule has 2 heterocycles. The highest BCUT2D eigenvalue weighted by Gasteiger charge is 2.21. The van der Waals surface area contributed by atoms with Gasteiger partial charge in [-0.2, -0.15) is 0 Å². The average Bonchev–Trinajstić information content (AvgIpc) is 3.63. The molecule has 0 N–H and O–H groups in total. The van der Waals surface area contributed by atoms with E-state index < -0.39 is 0 Å². The molecule has 0 saturated heterocycles. The van der Waals surface area contributed by atoms with E-state index in [1.807, 2.05) is 0 Å². The maximum atomic E-state index is 2.53. The number of fused-ring (bicyclic) bond motifs is 8. The quantitative estimate of drug-likeness (QED) is 0.184. The van der Waals surface area contributed by atoms with Crippen LogP contribution < -0.4 is 0 Å². The summed E-state index contributed by atoms with van der Waals surface area (Å²) in [6.45, 7) is 6.84. The highest BCUT2D eigenvalue weighted by molar-refractivity contribution is 6.27. The Balaban J connectivity index is 1.28. The lowest BCUT2D eigenvalue weighted by atomic mass is 9.86. The second kappa shape index (κ2) is 10.3. The maximum absolute atomic E-state index is 2.53. The zero-order valence-electron chi connectivity index (χ0n) is 28.0. The molecule has 0 amide bonds. The van der Waals surface area contributed by atoms with Crippen molar-refractivity contribution in [3.05, 3.63) is 163 Å². The van der Waals surface area contributed by atoms with E-state index in [9.17, 15) is 0 Å². The molecule has 2 aromatic heterocycles. The molecule has 232 valence electrons. The Morgan fingerprint density at radius 2 is 0.796 bits per heavy atom. The molecule has 49 heavy (non-hydrogen) atoms. The van der Waals surface area contributed by atoms with Gasteiger partial charge in [0, 0.05) is 21.5 Å². The zero-order chi connectivity index (χ0) is 32.9. The van der Waals surface area contributed by atoms with Crippen LogP contribution in [-0.4, -0.2) is 4.40 Å². The molecule has 1 nitrogen and oxygen atoms in total. The summed E-state index contributed by atoms with van der Waals surface area (Å²) in [5.74, 6) is 0. The summed E-state index contributed by atoms with van der Waals surface area (Å²) in [6.07, 6.45) is 0. The zero-order valence-corrected chi connectivity index (χ0v) is 28.0. The Kier molecular flexibility index (Phi) is 5.91. The molecule has 0 fully saturated rings. The van der Waals surface area contributed by atoms with Crippen LogP contribution >= 0.6 is 0 Å². The Bertz CT molecular complexity index is 2700. The predicted octanol–water partition coefficient (Wildman–Crippen LogP) is 13.4. The lowest BCUT2D eigenvalue weighted by Gasteiger charge is -2.19. The molecule has 0 atom stereocenters. The SMILES string of the molecule is CC(C)(C)c1ccc(-c2cc3c4cc5ccc(-c6ccccc6)cc5cc4n4c5cc6cc(-c7ccccc7)ccc6cc5c(c2)c34)cc1. The molecule has 1 heteroatoms. The van der Waals surface area contributed by atoms with Gasteiger partial charge in [0.25, 0.3) is 0 Å². The fourth-order valence-electron chi connectivity index (χ4n) is 7.98. The van der Waals surface area contributed by atoms with Crippen LogP contribution in [0.1, 0.15) is 26.3 Å². The molecule has 10 rings (SSSR count). The van der Waals surface area contributed by atoms with Crippen LogP contribution in [0.3, 0.4) is 0 Å². The van der Waals surface area contributed by atoms with Crippen LogP contribution in [0.5, 0.6) is 0 Å². The van der Waals surface area contributed by atoms with Crippen LogP contribution in [0.4, 0.5) is 0 Å². The van der Waals surface area contributed by atoms with Gasteiger partial charge < -0.3 is 4.40 Å². The number of aromatic nitrogens is 1. The van der Waals surface area contributed by atoms with E-state index >= 15 is 0 Å². The van der Waals surface area contributed by atoms with Crippen molar-refractivity contribution in [1.29, 1.82) is 0 Å². The van der Waals surface area contributed by atoms with Crippen molar-refractivity contribution in [1.82, 2.24) is 4.40 Å². The summed E-state index contributed by atoms with van der Waals surface area (Å²) in [5, 5.41) is 10.3. The van der Waals surface area contributed by atoms with Gasteiger partial charge in [-0.05, 0) is 114 Å². The minimum Gasteiger partial charge on any atom is -0.308 e. The monoisotopic (exact) mass is 625 g/mol. The number of hydrogen-bond acceptors (Lipinski definition) is 0. The van der Waals surface area contributed by atoms with E-state index in [2.05, 4.69) is 183 Å². The van der Waals surface area contributed by atoms with Gasteiger partial charge >= 0.3 is 0 Å². The molecule has 0 spiro atoms. The molecule has 0 aliphatic carbocycles. The molecule has 0 aliphatic heterocycles. The third-order valence-corrected chi connectivity index (χ3v) is 10.6. The van der Waals surface area contributed by atoms with Gasteiger partial charge in [0.1, 0.15) is 0 Å². The van der Waals surface area contributed by atoms with E-state index in [0.29, 0.717) is 0 Å². The van der Waals surface area contributed by atoms with Crippen molar-refractivity contribution in [2.75, 3.05) is 0 Å². The highest BCUT2D eigenvalue weighted by atomic mass is 14.9. The molecular formula is C48H35N. The number of hydrogen-bond donors (Lipinski definition) is 0. The Labute approximate surface area is 286 Å². The summed E-state index contributed by atoms with van der Waals surface area (Å²) in [5.41, 5.74) is 12.8.